The molecule has 5 unspecified atom stereocenters. The number of carbonyl (C=O) groups excluding carboxylic acids is 2. The largest absolute Gasteiger partial charge is 0.483 e. The summed E-state index contributed by atoms with van der Waals surface area (Å²) in [5, 5.41) is 0.795. The third kappa shape index (κ3) is 3.39. The number of fused-ring (bicyclic) bond motifs is 1. The highest BCUT2D eigenvalue weighted by Gasteiger charge is 2.53. The summed E-state index contributed by atoms with van der Waals surface area (Å²) < 4.78 is 11.7. The number of hydrogen-bond acceptors (Lipinski definition) is 4. The van der Waals surface area contributed by atoms with E-state index in [-0.39, 0.29) is 36.0 Å². The van der Waals surface area contributed by atoms with Gasteiger partial charge in [-0.2, -0.15) is 0 Å². The number of furan rings is 1. The molecule has 31 heavy (non-hydrogen) atoms. The lowest BCUT2D eigenvalue weighted by Gasteiger charge is -2.40. The van der Waals surface area contributed by atoms with Crippen LogP contribution in [0.5, 0.6) is 0 Å². The molecule has 0 radical (unpaired) electrons. The number of ketones is 1. The lowest BCUT2D eigenvalue weighted by molar-refractivity contribution is -0.137. The van der Waals surface area contributed by atoms with Gasteiger partial charge < -0.3 is 14.1 Å². The Bertz CT molecular complexity index is 1080. The Kier molecular flexibility index (Phi) is 5.14. The van der Waals surface area contributed by atoms with Crippen LogP contribution in [0, 0.1) is 17.8 Å². The van der Waals surface area contributed by atoms with Crippen LogP contribution in [0.4, 0.5) is 0 Å². The van der Waals surface area contributed by atoms with Gasteiger partial charge in [0.1, 0.15) is 11.9 Å². The zero-order valence-corrected chi connectivity index (χ0v) is 18.8. The average Bonchev–Trinajstić information content (AvgIpc) is 3.34. The Morgan fingerprint density at radius 1 is 1.06 bits per heavy atom. The smallest absolute Gasteiger partial charge is 0.290 e. The molecule has 1 saturated carbocycles. The fraction of sp³-hybridized carbons (Fsp3) is 0.417. The molecule has 1 fully saturated rings. The van der Waals surface area contributed by atoms with E-state index < -0.39 is 6.04 Å². The Morgan fingerprint density at radius 3 is 2.55 bits per heavy atom. The van der Waals surface area contributed by atoms with Gasteiger partial charge in [0, 0.05) is 0 Å². The topological polar surface area (TPSA) is 59.8 Å². The molecule has 0 bridgehead atoms. The summed E-state index contributed by atoms with van der Waals surface area (Å²) >= 11 is 12.4. The molecule has 7 heteroatoms. The molecule has 1 aromatic carbocycles. The minimum atomic E-state index is -0.592. The quantitative estimate of drug-likeness (QED) is 0.601. The van der Waals surface area contributed by atoms with Crippen molar-refractivity contribution in [2.75, 3.05) is 0 Å². The highest BCUT2D eigenvalue weighted by atomic mass is 35.5. The second-order valence-corrected chi connectivity index (χ2v) is 9.70. The van der Waals surface area contributed by atoms with Crippen molar-refractivity contribution >= 4 is 34.9 Å². The van der Waals surface area contributed by atoms with Gasteiger partial charge in [-0.1, -0.05) is 43.1 Å². The van der Waals surface area contributed by atoms with E-state index in [1.165, 1.54) is 0 Å². The van der Waals surface area contributed by atoms with E-state index in [0.29, 0.717) is 33.2 Å². The molecule has 1 amide bonds. The van der Waals surface area contributed by atoms with E-state index in [1.54, 1.807) is 29.4 Å². The fourth-order valence-electron chi connectivity index (χ4n) is 5.07. The van der Waals surface area contributed by atoms with Gasteiger partial charge in [-0.25, -0.2) is 0 Å². The first kappa shape index (κ1) is 20.7. The molecule has 0 spiro atoms. The maximum atomic E-state index is 13.7. The highest BCUT2D eigenvalue weighted by molar-refractivity contribution is 6.42. The molecule has 162 valence electrons. The average molecular weight is 460 g/mol. The molecule has 2 aromatic rings. The van der Waals surface area contributed by atoms with Crippen LogP contribution >= 0.6 is 23.2 Å². The van der Waals surface area contributed by atoms with E-state index in [0.717, 1.165) is 18.4 Å². The predicted molar refractivity (Wildman–Crippen MR) is 116 cm³/mol. The van der Waals surface area contributed by atoms with Gasteiger partial charge in [-0.3, -0.25) is 9.59 Å². The number of carbonyl (C=O) groups is 2. The normalized spacial score (nSPS) is 30.3. The molecule has 3 heterocycles. The molecule has 2 aliphatic heterocycles. The van der Waals surface area contributed by atoms with Crippen LogP contribution in [-0.4, -0.2) is 22.7 Å². The fourth-order valence-corrected chi connectivity index (χ4v) is 5.38. The first-order valence-electron chi connectivity index (χ1n) is 10.6. The third-order valence-electron chi connectivity index (χ3n) is 6.97. The number of ether oxygens (including phenoxy) is 1. The minimum absolute atomic E-state index is 0.0105. The number of benzene rings is 1. The molecule has 3 aliphatic rings. The minimum Gasteiger partial charge on any atom is -0.483 e. The first-order valence-corrected chi connectivity index (χ1v) is 11.3. The van der Waals surface area contributed by atoms with Gasteiger partial charge >= 0.3 is 0 Å². The van der Waals surface area contributed by atoms with E-state index in [1.807, 2.05) is 12.1 Å². The van der Waals surface area contributed by atoms with E-state index in [2.05, 4.69) is 13.8 Å². The maximum absolute atomic E-state index is 13.7. The number of nitrogens with zero attached hydrogens (tertiary/aromatic N) is 1. The maximum Gasteiger partial charge on any atom is 0.290 e. The van der Waals surface area contributed by atoms with Gasteiger partial charge in [-0.05, 0) is 54.5 Å². The van der Waals surface area contributed by atoms with Crippen LogP contribution in [-0.2, 0) is 20.9 Å². The molecular formula is C24H23Cl2NO4. The molecule has 1 aromatic heterocycles. The summed E-state index contributed by atoms with van der Waals surface area (Å²) in [5.41, 5.74) is 1.16. The Hall–Kier alpha value is -2.24. The Labute approximate surface area is 190 Å². The monoisotopic (exact) mass is 459 g/mol. The van der Waals surface area contributed by atoms with E-state index in [9.17, 15) is 9.59 Å². The van der Waals surface area contributed by atoms with Gasteiger partial charge in [0.25, 0.3) is 5.91 Å². The van der Waals surface area contributed by atoms with Crippen LogP contribution in [0.15, 0.2) is 52.3 Å². The van der Waals surface area contributed by atoms with Crippen molar-refractivity contribution in [3.05, 3.63) is 69.3 Å². The second kappa shape index (κ2) is 7.72. The van der Waals surface area contributed by atoms with Crippen LogP contribution < -0.4 is 0 Å². The number of halogens is 2. The van der Waals surface area contributed by atoms with Crippen molar-refractivity contribution in [1.82, 2.24) is 4.90 Å². The molecule has 5 rings (SSSR count). The zero-order chi connectivity index (χ0) is 21.9. The lowest BCUT2D eigenvalue weighted by atomic mass is 9.70. The zero-order valence-electron chi connectivity index (χ0n) is 17.3. The van der Waals surface area contributed by atoms with Gasteiger partial charge in [0.15, 0.2) is 11.5 Å². The summed E-state index contributed by atoms with van der Waals surface area (Å²) in [6.07, 6.45) is 2.86. The van der Waals surface area contributed by atoms with E-state index >= 15 is 0 Å². The molecule has 5 atom stereocenters. The SMILES string of the molecule is CC1CC2OC3=C(C(=O)C2CC1C)C(c1ccc(Cl)c(Cl)c1)N(Cc1ccco1)C3=O. The van der Waals surface area contributed by atoms with Crippen LogP contribution in [0.2, 0.25) is 10.0 Å². The van der Waals surface area contributed by atoms with Gasteiger partial charge in [0.05, 0.1) is 40.4 Å². The third-order valence-corrected chi connectivity index (χ3v) is 7.71. The van der Waals surface area contributed by atoms with Gasteiger partial charge in [-0.15, -0.1) is 0 Å². The van der Waals surface area contributed by atoms with Crippen molar-refractivity contribution in [2.45, 2.75) is 45.4 Å². The number of Topliss-reactive ketones (excluding diaryl/α,β-unsaturated/α-hetero) is 1. The van der Waals surface area contributed by atoms with E-state index in [4.69, 9.17) is 32.4 Å². The number of hydrogen-bond donors (Lipinski definition) is 0. The highest BCUT2D eigenvalue weighted by Crippen LogP contribution is 2.49. The molecule has 5 nitrogen and oxygen atoms in total. The Balaban J connectivity index is 1.59. The van der Waals surface area contributed by atoms with Crippen LogP contribution in [0.1, 0.15) is 44.1 Å². The summed E-state index contributed by atoms with van der Waals surface area (Å²) in [5.74, 6) is 1.16. The molecule has 0 N–H and O–H groups in total. The predicted octanol–water partition coefficient (Wildman–Crippen LogP) is 5.57. The van der Waals surface area contributed by atoms with Gasteiger partial charge in [0.2, 0.25) is 0 Å². The summed E-state index contributed by atoms with van der Waals surface area (Å²) in [6.45, 7) is 4.58. The Morgan fingerprint density at radius 2 is 1.84 bits per heavy atom. The van der Waals surface area contributed by atoms with Crippen molar-refractivity contribution < 1.29 is 18.7 Å². The number of rotatable bonds is 3. The molecule has 0 saturated heterocycles. The van der Waals surface area contributed by atoms with Crippen molar-refractivity contribution in [2.24, 2.45) is 17.8 Å². The summed E-state index contributed by atoms with van der Waals surface area (Å²) in [6, 6.07) is 8.21. The number of amides is 1. The van der Waals surface area contributed by atoms with Crippen LogP contribution in [0.25, 0.3) is 0 Å². The second-order valence-electron chi connectivity index (χ2n) is 8.88. The molecular weight excluding hydrogens is 437 g/mol. The standard InChI is InChI=1S/C24H23Cl2NO4/c1-12-8-16-19(9-13(12)2)31-23-20(22(16)28)21(14-5-6-17(25)18(26)10-14)27(24(23)29)11-15-4-3-7-30-15/h3-7,10,12-13,16,19,21H,8-9,11H2,1-2H3. The summed E-state index contributed by atoms with van der Waals surface area (Å²) in [7, 11) is 0. The van der Waals surface area contributed by atoms with Crippen molar-refractivity contribution in [3.63, 3.8) is 0 Å². The van der Waals surface area contributed by atoms with Crippen LogP contribution in [0.3, 0.4) is 0 Å². The lowest BCUT2D eigenvalue weighted by Crippen LogP contribution is -2.43. The molecule has 1 aliphatic carbocycles. The summed E-state index contributed by atoms with van der Waals surface area (Å²) in [4.78, 5) is 28.8. The first-order chi connectivity index (χ1) is 14.8. The van der Waals surface area contributed by atoms with Crippen molar-refractivity contribution in [1.29, 1.82) is 0 Å². The van der Waals surface area contributed by atoms with Crippen molar-refractivity contribution in [3.8, 4) is 0 Å².